The van der Waals surface area contributed by atoms with Gasteiger partial charge in [-0.3, -0.25) is 0 Å². The van der Waals surface area contributed by atoms with Gasteiger partial charge in [0.2, 0.25) is 0 Å². The van der Waals surface area contributed by atoms with Crippen LogP contribution in [0.4, 0.5) is 4.39 Å². The number of hydrogen-bond acceptors (Lipinski definition) is 3. The van der Waals surface area contributed by atoms with Crippen LogP contribution in [-0.4, -0.2) is 32.9 Å². The largest absolute Gasteiger partial charge is 0.496 e. The molecule has 0 aromatic heterocycles. The van der Waals surface area contributed by atoms with Crippen molar-refractivity contribution in [1.82, 2.24) is 5.32 Å². The maximum Gasteiger partial charge on any atom is 0.123 e. The van der Waals surface area contributed by atoms with E-state index in [-0.39, 0.29) is 16.8 Å². The molecule has 18 heavy (non-hydrogen) atoms. The normalized spacial score (nSPS) is 18.3. The topological polar surface area (TPSA) is 30.5 Å². The highest BCUT2D eigenvalue weighted by Crippen LogP contribution is 2.45. The summed E-state index contributed by atoms with van der Waals surface area (Å²) in [5.41, 5.74) is 0.414. The smallest absolute Gasteiger partial charge is 0.123 e. The van der Waals surface area contributed by atoms with Crippen molar-refractivity contribution in [2.75, 3.05) is 27.4 Å². The summed E-state index contributed by atoms with van der Waals surface area (Å²) in [6.07, 6.45) is 0. The van der Waals surface area contributed by atoms with Crippen molar-refractivity contribution < 1.29 is 13.9 Å². The van der Waals surface area contributed by atoms with Crippen molar-refractivity contribution in [2.45, 2.75) is 24.8 Å². The van der Waals surface area contributed by atoms with Crippen molar-refractivity contribution in [1.29, 1.82) is 0 Å². The minimum absolute atomic E-state index is 0.202. The zero-order valence-corrected chi connectivity index (χ0v) is 11.3. The van der Waals surface area contributed by atoms with Gasteiger partial charge in [-0.2, -0.15) is 0 Å². The van der Waals surface area contributed by atoms with Crippen molar-refractivity contribution >= 4 is 0 Å². The average molecular weight is 253 g/mol. The fourth-order valence-corrected chi connectivity index (χ4v) is 2.45. The van der Waals surface area contributed by atoms with Crippen LogP contribution in [-0.2, 0) is 10.2 Å². The summed E-state index contributed by atoms with van der Waals surface area (Å²) in [5.74, 6) is 0.465. The van der Waals surface area contributed by atoms with Crippen LogP contribution in [0.25, 0.3) is 0 Å². The van der Waals surface area contributed by atoms with Gasteiger partial charge in [0.15, 0.2) is 0 Å². The van der Waals surface area contributed by atoms with E-state index in [1.54, 1.807) is 19.2 Å². The molecule has 0 radical (unpaired) electrons. The van der Waals surface area contributed by atoms with Gasteiger partial charge in [0.05, 0.1) is 25.7 Å². The molecule has 1 aliphatic heterocycles. The Morgan fingerprint density at radius 3 is 2.50 bits per heavy atom. The molecule has 0 atom stereocenters. The molecule has 1 N–H and O–H groups in total. The van der Waals surface area contributed by atoms with Crippen LogP contribution in [0.5, 0.6) is 5.75 Å². The van der Waals surface area contributed by atoms with Gasteiger partial charge in [-0.15, -0.1) is 0 Å². The first-order chi connectivity index (χ1) is 8.47. The highest BCUT2D eigenvalue weighted by atomic mass is 19.1. The van der Waals surface area contributed by atoms with E-state index in [0.717, 1.165) is 5.56 Å². The second-order valence-electron chi connectivity index (χ2n) is 5.29. The Hall–Kier alpha value is -1.13. The second kappa shape index (κ2) is 4.52. The fourth-order valence-electron chi connectivity index (χ4n) is 2.45. The van der Waals surface area contributed by atoms with Crippen LogP contribution in [0.2, 0.25) is 0 Å². The van der Waals surface area contributed by atoms with Crippen molar-refractivity contribution in [3.63, 3.8) is 0 Å². The van der Waals surface area contributed by atoms with Crippen LogP contribution < -0.4 is 10.1 Å². The van der Waals surface area contributed by atoms with Crippen LogP contribution in [0, 0.1) is 5.82 Å². The van der Waals surface area contributed by atoms with Gasteiger partial charge < -0.3 is 14.8 Å². The molecule has 4 heteroatoms. The minimum Gasteiger partial charge on any atom is -0.496 e. The van der Waals surface area contributed by atoms with Crippen LogP contribution in [0.3, 0.4) is 0 Å². The predicted molar refractivity (Wildman–Crippen MR) is 68.6 cm³/mol. The summed E-state index contributed by atoms with van der Waals surface area (Å²) in [5, 5.41) is 3.30. The monoisotopic (exact) mass is 253 g/mol. The van der Waals surface area contributed by atoms with Crippen LogP contribution >= 0.6 is 0 Å². The Morgan fingerprint density at radius 1 is 1.39 bits per heavy atom. The Morgan fingerprint density at radius 2 is 2.06 bits per heavy atom. The van der Waals surface area contributed by atoms with Crippen molar-refractivity contribution in [3.8, 4) is 5.75 Å². The van der Waals surface area contributed by atoms with E-state index >= 15 is 0 Å². The summed E-state index contributed by atoms with van der Waals surface area (Å²) in [6.45, 7) is 5.33. The molecule has 0 spiro atoms. The molecule has 1 saturated heterocycles. The lowest BCUT2D eigenvalue weighted by atomic mass is 9.65. The van der Waals surface area contributed by atoms with Gasteiger partial charge in [0.25, 0.3) is 0 Å². The molecule has 0 aliphatic carbocycles. The zero-order valence-electron chi connectivity index (χ0n) is 11.3. The molecule has 1 fully saturated rings. The summed E-state index contributed by atoms with van der Waals surface area (Å²) in [4.78, 5) is 0. The standard InChI is InChI=1S/C14H20FNO2/c1-13(2,16-3)14(8-18-9-14)11-7-10(15)5-6-12(11)17-4/h5-7,16H,8-9H2,1-4H3. The molecule has 0 unspecified atom stereocenters. The Kier molecular flexibility index (Phi) is 3.34. The zero-order chi connectivity index (χ0) is 13.4. The van der Waals surface area contributed by atoms with E-state index in [2.05, 4.69) is 19.2 Å². The van der Waals surface area contributed by atoms with Gasteiger partial charge in [-0.05, 0) is 39.1 Å². The molecule has 0 saturated carbocycles. The summed E-state index contributed by atoms with van der Waals surface area (Å²) < 4.78 is 24.3. The van der Waals surface area contributed by atoms with Crippen molar-refractivity contribution in [3.05, 3.63) is 29.6 Å². The number of nitrogens with one attached hydrogen (secondary N) is 1. The molecule has 2 rings (SSSR count). The first-order valence-corrected chi connectivity index (χ1v) is 6.07. The molecule has 1 aromatic carbocycles. The molecule has 1 heterocycles. The number of likely N-dealkylation sites (N-methyl/N-ethyl adjacent to an activating group) is 1. The number of benzene rings is 1. The van der Waals surface area contributed by atoms with Crippen LogP contribution in [0.1, 0.15) is 19.4 Å². The highest BCUT2D eigenvalue weighted by molar-refractivity contribution is 5.44. The summed E-state index contributed by atoms with van der Waals surface area (Å²) >= 11 is 0. The minimum atomic E-state index is -0.255. The lowest BCUT2D eigenvalue weighted by Gasteiger charge is -2.53. The average Bonchev–Trinajstić information content (AvgIpc) is 2.27. The molecule has 100 valence electrons. The Balaban J connectivity index is 2.54. The number of rotatable bonds is 4. The first-order valence-electron chi connectivity index (χ1n) is 6.07. The van der Waals surface area contributed by atoms with E-state index in [1.165, 1.54) is 6.07 Å². The second-order valence-corrected chi connectivity index (χ2v) is 5.29. The fraction of sp³-hybridized carbons (Fsp3) is 0.571. The molecule has 3 nitrogen and oxygen atoms in total. The highest BCUT2D eigenvalue weighted by Gasteiger charge is 2.53. The van der Waals surface area contributed by atoms with Gasteiger partial charge in [-0.25, -0.2) is 4.39 Å². The third kappa shape index (κ3) is 1.80. The third-order valence-corrected chi connectivity index (χ3v) is 4.20. The van der Waals surface area contributed by atoms with Crippen LogP contribution in [0.15, 0.2) is 18.2 Å². The van der Waals surface area contributed by atoms with E-state index in [1.807, 2.05) is 7.05 Å². The summed E-state index contributed by atoms with van der Waals surface area (Å²) in [7, 11) is 3.52. The van der Waals surface area contributed by atoms with E-state index in [4.69, 9.17) is 9.47 Å². The summed E-state index contributed by atoms with van der Waals surface area (Å²) in [6, 6.07) is 4.65. The van der Waals surface area contributed by atoms with E-state index < -0.39 is 0 Å². The third-order valence-electron chi connectivity index (χ3n) is 4.20. The first kappa shape index (κ1) is 13.3. The van der Waals surface area contributed by atoms with Gasteiger partial charge in [0, 0.05) is 11.1 Å². The SMILES string of the molecule is CNC(C)(C)C1(c2cc(F)ccc2OC)COC1. The number of hydrogen-bond donors (Lipinski definition) is 1. The molecule has 1 aliphatic rings. The van der Waals surface area contributed by atoms with E-state index in [9.17, 15) is 4.39 Å². The van der Waals surface area contributed by atoms with Gasteiger partial charge >= 0.3 is 0 Å². The lowest BCUT2D eigenvalue weighted by molar-refractivity contribution is -0.1000. The molecule has 0 amide bonds. The molecule has 1 aromatic rings. The Labute approximate surface area is 107 Å². The lowest BCUT2D eigenvalue weighted by Crippen LogP contribution is -2.65. The van der Waals surface area contributed by atoms with Gasteiger partial charge in [0.1, 0.15) is 11.6 Å². The molecular weight excluding hydrogens is 233 g/mol. The maximum atomic E-state index is 13.5. The number of halogens is 1. The molecule has 0 bridgehead atoms. The van der Waals surface area contributed by atoms with Gasteiger partial charge in [-0.1, -0.05) is 0 Å². The Bertz CT molecular complexity index is 441. The van der Waals surface area contributed by atoms with Crippen molar-refractivity contribution in [2.24, 2.45) is 0 Å². The quantitative estimate of drug-likeness (QED) is 0.891. The number of ether oxygens (including phenoxy) is 2. The molecular formula is C14H20FNO2. The number of methoxy groups -OCH3 is 1. The predicted octanol–water partition coefficient (Wildman–Crippen LogP) is 2.10. The maximum absolute atomic E-state index is 13.5. The van der Waals surface area contributed by atoms with E-state index in [0.29, 0.717) is 19.0 Å².